The average Bonchev–Trinajstić information content (AvgIpc) is 3.35. The lowest BCUT2D eigenvalue weighted by molar-refractivity contribution is -0.122. The van der Waals surface area contributed by atoms with Crippen LogP contribution in [-0.4, -0.2) is 57.9 Å². The van der Waals surface area contributed by atoms with E-state index in [4.69, 9.17) is 21.9 Å². The number of carbonyl (C=O) groups is 1. The van der Waals surface area contributed by atoms with Crippen LogP contribution >= 0.6 is 24.0 Å². The lowest BCUT2D eigenvalue weighted by Crippen LogP contribution is -2.30. The van der Waals surface area contributed by atoms with E-state index in [-0.39, 0.29) is 11.5 Å². The van der Waals surface area contributed by atoms with Crippen molar-refractivity contribution in [2.45, 2.75) is 26.2 Å². The molecule has 2 aliphatic heterocycles. The standard InChI is InChI=1S/C21H24N4O3S2/c1-14-6-7-17-22-18(23-8-3-4-9-23)15(19(26)25(17)13-14)12-16-20(27)24(21(29)30-16)10-5-11-28-2/h6-7,12-13H,3-5,8-11H2,1-2H3/b16-12+. The number of aromatic nitrogens is 2. The van der Waals surface area contributed by atoms with Crippen LogP contribution in [0.2, 0.25) is 0 Å². The fraction of sp³-hybridized carbons (Fsp3) is 0.429. The van der Waals surface area contributed by atoms with E-state index in [9.17, 15) is 9.59 Å². The van der Waals surface area contributed by atoms with Gasteiger partial charge in [-0.15, -0.1) is 0 Å². The van der Waals surface area contributed by atoms with Crippen LogP contribution in [0.3, 0.4) is 0 Å². The number of hydrogen-bond donors (Lipinski definition) is 0. The first-order valence-corrected chi connectivity index (χ1v) is 11.2. The van der Waals surface area contributed by atoms with Crippen molar-refractivity contribution in [2.75, 3.05) is 38.3 Å². The van der Waals surface area contributed by atoms with Gasteiger partial charge in [0.2, 0.25) is 0 Å². The highest BCUT2D eigenvalue weighted by Gasteiger charge is 2.32. The minimum Gasteiger partial charge on any atom is -0.385 e. The van der Waals surface area contributed by atoms with E-state index in [0.29, 0.717) is 45.8 Å². The first-order chi connectivity index (χ1) is 14.5. The molecule has 0 atom stereocenters. The molecule has 2 saturated heterocycles. The fourth-order valence-corrected chi connectivity index (χ4v) is 5.02. The highest BCUT2D eigenvalue weighted by Crippen LogP contribution is 2.34. The van der Waals surface area contributed by atoms with E-state index in [1.54, 1.807) is 28.7 Å². The van der Waals surface area contributed by atoms with Gasteiger partial charge in [0, 0.05) is 39.5 Å². The van der Waals surface area contributed by atoms with Gasteiger partial charge in [0.05, 0.1) is 10.5 Å². The van der Waals surface area contributed by atoms with Crippen LogP contribution in [0.15, 0.2) is 28.0 Å². The summed E-state index contributed by atoms with van der Waals surface area (Å²) in [6.07, 6.45) is 6.29. The van der Waals surface area contributed by atoms with Crippen molar-refractivity contribution in [3.63, 3.8) is 0 Å². The maximum absolute atomic E-state index is 13.4. The number of nitrogens with zero attached hydrogens (tertiary/aromatic N) is 4. The summed E-state index contributed by atoms with van der Waals surface area (Å²) in [5.41, 5.74) is 1.85. The first kappa shape index (κ1) is 21.0. The van der Waals surface area contributed by atoms with Gasteiger partial charge in [0.15, 0.2) is 0 Å². The Balaban J connectivity index is 1.78. The third-order valence-electron chi connectivity index (χ3n) is 5.27. The van der Waals surface area contributed by atoms with Gasteiger partial charge in [-0.25, -0.2) is 4.98 Å². The maximum atomic E-state index is 13.4. The third kappa shape index (κ3) is 4.01. The van der Waals surface area contributed by atoms with Crippen molar-refractivity contribution in [2.24, 2.45) is 0 Å². The van der Waals surface area contributed by atoms with Crippen LogP contribution in [0.1, 0.15) is 30.4 Å². The Morgan fingerprint density at radius 3 is 2.77 bits per heavy atom. The zero-order valence-corrected chi connectivity index (χ0v) is 18.7. The lowest BCUT2D eigenvalue weighted by atomic mass is 10.2. The molecule has 0 radical (unpaired) electrons. The predicted octanol–water partition coefficient (Wildman–Crippen LogP) is 2.84. The molecule has 1 amide bonds. The van der Waals surface area contributed by atoms with Crippen LogP contribution in [0.4, 0.5) is 5.82 Å². The van der Waals surface area contributed by atoms with E-state index in [1.807, 2.05) is 19.1 Å². The summed E-state index contributed by atoms with van der Waals surface area (Å²) in [7, 11) is 1.63. The third-order valence-corrected chi connectivity index (χ3v) is 6.65. The molecule has 0 N–H and O–H groups in total. The van der Waals surface area contributed by atoms with Crippen molar-refractivity contribution < 1.29 is 9.53 Å². The number of carbonyl (C=O) groups excluding carboxylic acids is 1. The Hall–Kier alpha value is -2.23. The Labute approximate surface area is 184 Å². The molecule has 2 aromatic rings. The molecule has 0 bridgehead atoms. The average molecular weight is 445 g/mol. The van der Waals surface area contributed by atoms with E-state index >= 15 is 0 Å². The topological polar surface area (TPSA) is 67.2 Å². The molecule has 4 rings (SSSR count). The molecule has 0 aromatic carbocycles. The zero-order chi connectivity index (χ0) is 21.3. The smallest absolute Gasteiger partial charge is 0.267 e. The van der Waals surface area contributed by atoms with Gasteiger partial charge >= 0.3 is 0 Å². The summed E-state index contributed by atoms with van der Waals surface area (Å²) in [4.78, 5) is 35.3. The van der Waals surface area contributed by atoms with E-state index in [2.05, 4.69) is 4.90 Å². The SMILES string of the molecule is COCCCN1C(=O)/C(=C\c2c(N3CCCC3)nc3ccc(C)cn3c2=O)SC1=S. The number of pyridine rings is 1. The number of aryl methyl sites for hydroxylation is 1. The van der Waals surface area contributed by atoms with Crippen molar-refractivity contribution in [1.82, 2.24) is 14.3 Å². The number of thioether (sulfide) groups is 1. The molecule has 2 aromatic heterocycles. The molecular weight excluding hydrogens is 420 g/mol. The van der Waals surface area contributed by atoms with Crippen molar-refractivity contribution in [3.8, 4) is 0 Å². The molecule has 0 saturated carbocycles. The summed E-state index contributed by atoms with van der Waals surface area (Å²) in [6.45, 7) is 4.71. The Morgan fingerprint density at radius 1 is 1.27 bits per heavy atom. The number of thiocarbonyl (C=S) groups is 1. The van der Waals surface area contributed by atoms with Crippen molar-refractivity contribution >= 4 is 51.7 Å². The van der Waals surface area contributed by atoms with Crippen LogP contribution < -0.4 is 10.5 Å². The number of amides is 1. The van der Waals surface area contributed by atoms with Crippen LogP contribution in [0.25, 0.3) is 11.7 Å². The van der Waals surface area contributed by atoms with Gasteiger partial charge in [-0.3, -0.25) is 18.9 Å². The Morgan fingerprint density at radius 2 is 2.03 bits per heavy atom. The summed E-state index contributed by atoms with van der Waals surface area (Å²) in [5.74, 6) is 0.480. The summed E-state index contributed by atoms with van der Waals surface area (Å²) < 4.78 is 7.14. The van der Waals surface area contributed by atoms with Gasteiger partial charge < -0.3 is 9.64 Å². The predicted molar refractivity (Wildman–Crippen MR) is 124 cm³/mol. The van der Waals surface area contributed by atoms with Gasteiger partial charge in [-0.2, -0.15) is 0 Å². The molecule has 9 heteroatoms. The first-order valence-electron chi connectivity index (χ1n) is 10.0. The fourth-order valence-electron chi connectivity index (χ4n) is 3.73. The minimum atomic E-state index is -0.171. The normalized spacial score (nSPS) is 18.4. The van der Waals surface area contributed by atoms with Crippen molar-refractivity contribution in [1.29, 1.82) is 0 Å². The largest absolute Gasteiger partial charge is 0.385 e. The number of fused-ring (bicyclic) bond motifs is 1. The monoisotopic (exact) mass is 444 g/mol. The van der Waals surface area contributed by atoms with E-state index in [1.165, 1.54) is 11.8 Å². The molecular formula is C21H24N4O3S2. The second-order valence-corrected chi connectivity index (χ2v) is 9.14. The van der Waals surface area contributed by atoms with Crippen molar-refractivity contribution in [3.05, 3.63) is 44.7 Å². The van der Waals surface area contributed by atoms with Gasteiger partial charge in [0.1, 0.15) is 15.8 Å². The maximum Gasteiger partial charge on any atom is 0.267 e. The second kappa shape index (κ2) is 8.87. The van der Waals surface area contributed by atoms with Gasteiger partial charge in [-0.05, 0) is 43.9 Å². The van der Waals surface area contributed by atoms with Crippen LogP contribution in [0, 0.1) is 6.92 Å². The van der Waals surface area contributed by atoms with Gasteiger partial charge in [0.25, 0.3) is 11.5 Å². The van der Waals surface area contributed by atoms with Gasteiger partial charge in [-0.1, -0.05) is 30.0 Å². The highest BCUT2D eigenvalue weighted by molar-refractivity contribution is 8.26. The number of ether oxygens (including phenoxy) is 1. The zero-order valence-electron chi connectivity index (χ0n) is 17.1. The minimum absolute atomic E-state index is 0.165. The summed E-state index contributed by atoms with van der Waals surface area (Å²) >= 11 is 6.64. The molecule has 0 spiro atoms. The molecule has 0 aliphatic carbocycles. The number of anilines is 1. The second-order valence-electron chi connectivity index (χ2n) is 7.46. The highest BCUT2D eigenvalue weighted by atomic mass is 32.2. The number of rotatable bonds is 6. The number of hydrogen-bond acceptors (Lipinski definition) is 7. The lowest BCUT2D eigenvalue weighted by Gasteiger charge is -2.19. The summed E-state index contributed by atoms with van der Waals surface area (Å²) in [5, 5.41) is 0. The molecule has 0 unspecified atom stereocenters. The van der Waals surface area contributed by atoms with E-state index in [0.717, 1.165) is 31.5 Å². The molecule has 158 valence electrons. The molecule has 7 nitrogen and oxygen atoms in total. The molecule has 2 fully saturated rings. The number of methoxy groups -OCH3 is 1. The molecule has 30 heavy (non-hydrogen) atoms. The molecule has 2 aliphatic rings. The molecule has 4 heterocycles. The van der Waals surface area contributed by atoms with Crippen LogP contribution in [0.5, 0.6) is 0 Å². The Bertz CT molecular complexity index is 1090. The van der Waals surface area contributed by atoms with E-state index < -0.39 is 0 Å². The Kier molecular flexibility index (Phi) is 6.21. The van der Waals surface area contributed by atoms with Crippen LogP contribution in [-0.2, 0) is 9.53 Å². The summed E-state index contributed by atoms with van der Waals surface area (Å²) in [6, 6.07) is 3.80. The quantitative estimate of drug-likeness (QED) is 0.386.